The number of ketones is 2. The second-order valence-corrected chi connectivity index (χ2v) is 12.5. The van der Waals surface area contributed by atoms with Gasteiger partial charge in [0.2, 0.25) is 0 Å². The summed E-state index contributed by atoms with van der Waals surface area (Å²) in [5.41, 5.74) is 4.15. The smallest absolute Gasteiger partial charge is 0.180 e. The molecule has 0 atom stereocenters. The van der Waals surface area contributed by atoms with Crippen LogP contribution < -0.4 is 9.47 Å². The first kappa shape index (κ1) is 27.5. The van der Waals surface area contributed by atoms with Crippen molar-refractivity contribution in [1.82, 2.24) is 4.90 Å². The van der Waals surface area contributed by atoms with Crippen LogP contribution in [0.1, 0.15) is 85.1 Å². The molecule has 1 aliphatic heterocycles. The fraction of sp³-hybridized carbons (Fsp3) is 0.548. The minimum Gasteiger partial charge on any atom is -0.490 e. The molecule has 5 nitrogen and oxygen atoms in total. The molecule has 0 aromatic heterocycles. The van der Waals surface area contributed by atoms with E-state index in [9.17, 15) is 9.59 Å². The van der Waals surface area contributed by atoms with Crippen molar-refractivity contribution < 1.29 is 19.1 Å². The maximum Gasteiger partial charge on any atom is 0.180 e. The van der Waals surface area contributed by atoms with Crippen LogP contribution in [-0.2, 0) is 9.59 Å². The van der Waals surface area contributed by atoms with Crippen molar-refractivity contribution in [2.45, 2.75) is 79.6 Å². The molecule has 0 bridgehead atoms. The molecule has 0 unspecified atom stereocenters. The van der Waals surface area contributed by atoms with Gasteiger partial charge in [-0.3, -0.25) is 9.59 Å². The number of carbonyl (C=O) groups excluding carboxylic acids is 2. The highest BCUT2D eigenvalue weighted by molar-refractivity contribution is 6.32. The highest BCUT2D eigenvalue weighted by Crippen LogP contribution is 2.55. The zero-order valence-electron chi connectivity index (χ0n) is 23.1. The Hall–Kier alpha value is -2.53. The van der Waals surface area contributed by atoms with Gasteiger partial charge in [0.25, 0.3) is 0 Å². The second-order valence-electron chi connectivity index (χ2n) is 12.0. The van der Waals surface area contributed by atoms with E-state index in [0.29, 0.717) is 42.6 Å². The van der Waals surface area contributed by atoms with Gasteiger partial charge in [-0.2, -0.15) is 0 Å². The first-order valence-corrected chi connectivity index (χ1v) is 13.8. The average molecular weight is 526 g/mol. The van der Waals surface area contributed by atoms with Gasteiger partial charge in [-0.05, 0) is 54.7 Å². The Morgan fingerprint density at radius 3 is 2.03 bits per heavy atom. The molecule has 200 valence electrons. The Balaban J connectivity index is 1.99. The minimum absolute atomic E-state index is 0.114. The Labute approximate surface area is 226 Å². The van der Waals surface area contributed by atoms with E-state index in [1.54, 1.807) is 6.08 Å². The van der Waals surface area contributed by atoms with Crippen LogP contribution in [0.15, 0.2) is 47.3 Å². The van der Waals surface area contributed by atoms with E-state index in [0.717, 1.165) is 53.9 Å². The van der Waals surface area contributed by atoms with Crippen LogP contribution in [0, 0.1) is 10.8 Å². The third kappa shape index (κ3) is 5.25. The predicted octanol–water partition coefficient (Wildman–Crippen LogP) is 7.40. The zero-order chi connectivity index (χ0) is 27.1. The fourth-order valence-corrected chi connectivity index (χ4v) is 6.45. The number of hydrogen-bond acceptors (Lipinski definition) is 5. The lowest BCUT2D eigenvalue weighted by Crippen LogP contribution is -2.44. The molecule has 0 saturated heterocycles. The molecule has 0 saturated carbocycles. The van der Waals surface area contributed by atoms with Gasteiger partial charge in [0.1, 0.15) is 6.61 Å². The first-order valence-electron chi connectivity index (χ1n) is 13.4. The van der Waals surface area contributed by atoms with Crippen LogP contribution in [0.25, 0.3) is 0 Å². The largest absolute Gasteiger partial charge is 0.490 e. The maximum absolute atomic E-state index is 13.9. The van der Waals surface area contributed by atoms with Crippen LogP contribution in [0.4, 0.5) is 0 Å². The highest BCUT2D eigenvalue weighted by Gasteiger charge is 2.49. The van der Waals surface area contributed by atoms with E-state index < -0.39 is 5.92 Å². The van der Waals surface area contributed by atoms with Crippen LogP contribution in [0.2, 0.25) is 5.02 Å². The Morgan fingerprint density at radius 2 is 1.54 bits per heavy atom. The number of benzene rings is 1. The van der Waals surface area contributed by atoms with Gasteiger partial charge < -0.3 is 14.4 Å². The number of Topliss-reactive ketones (excluding diaryl/α,β-unsaturated/α-hetero) is 2. The van der Waals surface area contributed by atoms with Crippen LogP contribution >= 0.6 is 11.6 Å². The number of ether oxygens (including phenoxy) is 2. The first-order chi connectivity index (χ1) is 17.4. The van der Waals surface area contributed by atoms with Gasteiger partial charge in [-0.15, -0.1) is 0 Å². The standard InChI is InChI=1S/C31H40ClNO4/c1-8-11-33-21-15-30(4,5)17-23(34)27(21)26(28-22(33)16-31(6,7)18-24(28)35)19-13-20(32)29(37-12-9-2)25(14-19)36-10-3/h9,13-14,26H,2,8,10-12,15-18H2,1,3-7H3. The SMILES string of the molecule is C=CCOc1c(Cl)cc(C2C3=C(CC(C)(C)CC3=O)N(CCC)C3=C2C(=O)CC(C)(C)C3)cc1OCC. The van der Waals surface area contributed by atoms with Crippen LogP contribution in [-0.4, -0.2) is 36.2 Å². The van der Waals surface area contributed by atoms with Crippen molar-refractivity contribution in [3.8, 4) is 11.5 Å². The molecule has 1 heterocycles. The van der Waals surface area contributed by atoms with Gasteiger partial charge in [0.15, 0.2) is 23.1 Å². The zero-order valence-corrected chi connectivity index (χ0v) is 23.9. The van der Waals surface area contributed by atoms with Gasteiger partial charge in [0.05, 0.1) is 11.6 Å². The lowest BCUT2D eigenvalue weighted by molar-refractivity contribution is -0.119. The third-order valence-electron chi connectivity index (χ3n) is 7.48. The summed E-state index contributed by atoms with van der Waals surface area (Å²) in [7, 11) is 0. The van der Waals surface area contributed by atoms with Crippen molar-refractivity contribution in [2.75, 3.05) is 19.8 Å². The van der Waals surface area contributed by atoms with Crippen LogP contribution in [0.3, 0.4) is 0 Å². The summed E-state index contributed by atoms with van der Waals surface area (Å²) in [6, 6.07) is 3.75. The molecule has 0 fully saturated rings. The molecule has 6 heteroatoms. The molecule has 0 radical (unpaired) electrons. The van der Waals surface area contributed by atoms with Gasteiger partial charge >= 0.3 is 0 Å². The summed E-state index contributed by atoms with van der Waals surface area (Å²) in [5, 5.41) is 0.398. The molecule has 3 aliphatic rings. The number of rotatable bonds is 8. The van der Waals surface area contributed by atoms with Gasteiger partial charge in [0, 0.05) is 47.8 Å². The molecule has 37 heavy (non-hydrogen) atoms. The molecule has 4 rings (SSSR count). The van der Waals surface area contributed by atoms with Crippen LogP contribution in [0.5, 0.6) is 11.5 Å². The quantitative estimate of drug-likeness (QED) is 0.331. The van der Waals surface area contributed by atoms with Crippen molar-refractivity contribution >= 4 is 23.2 Å². The number of hydrogen-bond donors (Lipinski definition) is 0. The van der Waals surface area contributed by atoms with Gasteiger partial charge in [-0.25, -0.2) is 0 Å². The molecular formula is C31H40ClNO4. The lowest BCUT2D eigenvalue weighted by Gasteiger charge is -2.49. The average Bonchev–Trinajstić information content (AvgIpc) is 2.78. The lowest BCUT2D eigenvalue weighted by atomic mass is 9.63. The molecule has 1 aromatic rings. The number of nitrogens with zero attached hydrogens (tertiary/aromatic N) is 1. The topological polar surface area (TPSA) is 55.8 Å². The summed E-state index contributed by atoms with van der Waals surface area (Å²) in [6.45, 7) is 17.9. The summed E-state index contributed by atoms with van der Waals surface area (Å²) in [4.78, 5) is 30.1. The molecule has 0 spiro atoms. The second kappa shape index (κ2) is 10.3. The van der Waals surface area contributed by atoms with E-state index in [1.165, 1.54) is 0 Å². The summed E-state index contributed by atoms with van der Waals surface area (Å²) < 4.78 is 11.8. The normalized spacial score (nSPS) is 21.1. The molecule has 0 N–H and O–H groups in total. The van der Waals surface area contributed by atoms with E-state index in [1.807, 2.05) is 19.1 Å². The fourth-order valence-electron chi connectivity index (χ4n) is 6.17. The van der Waals surface area contributed by atoms with Crippen molar-refractivity contribution in [3.63, 3.8) is 0 Å². The number of halogens is 1. The van der Waals surface area contributed by atoms with E-state index in [2.05, 4.69) is 46.1 Å². The monoisotopic (exact) mass is 525 g/mol. The molecule has 0 amide bonds. The van der Waals surface area contributed by atoms with Crippen molar-refractivity contribution in [2.24, 2.45) is 10.8 Å². The summed E-state index contributed by atoms with van der Waals surface area (Å²) in [5.74, 6) is 0.728. The minimum atomic E-state index is -0.463. The number of carbonyl (C=O) groups is 2. The molecular weight excluding hydrogens is 486 g/mol. The Kier molecular flexibility index (Phi) is 7.67. The predicted molar refractivity (Wildman–Crippen MR) is 148 cm³/mol. The summed E-state index contributed by atoms with van der Waals surface area (Å²) >= 11 is 6.77. The van der Waals surface area contributed by atoms with E-state index in [4.69, 9.17) is 21.1 Å². The molecule has 2 aliphatic carbocycles. The van der Waals surface area contributed by atoms with Crippen molar-refractivity contribution in [3.05, 3.63) is 57.9 Å². The third-order valence-corrected chi connectivity index (χ3v) is 7.76. The molecule has 1 aromatic carbocycles. The van der Waals surface area contributed by atoms with Crippen molar-refractivity contribution in [1.29, 1.82) is 0 Å². The van der Waals surface area contributed by atoms with Gasteiger partial charge in [-0.1, -0.05) is 58.9 Å². The van der Waals surface area contributed by atoms with E-state index >= 15 is 0 Å². The highest BCUT2D eigenvalue weighted by atomic mass is 35.5. The Morgan fingerprint density at radius 1 is 0.973 bits per heavy atom. The number of allylic oxidation sites excluding steroid dienone is 4. The summed E-state index contributed by atoms with van der Waals surface area (Å²) in [6.07, 6.45) is 5.08. The van der Waals surface area contributed by atoms with E-state index in [-0.39, 0.29) is 22.4 Å². The Bertz CT molecular complexity index is 1140. The maximum atomic E-state index is 13.9.